The highest BCUT2D eigenvalue weighted by molar-refractivity contribution is 4.92. The third-order valence-corrected chi connectivity index (χ3v) is 3.35. The third kappa shape index (κ3) is 2.69. The Labute approximate surface area is 87.7 Å². The molecule has 1 fully saturated rings. The van der Waals surface area contributed by atoms with E-state index in [2.05, 4.69) is 37.7 Å². The molecule has 0 saturated carbocycles. The first-order valence-corrected chi connectivity index (χ1v) is 5.52. The van der Waals surface area contributed by atoms with Crippen molar-refractivity contribution in [3.63, 3.8) is 0 Å². The number of aliphatic hydroxyl groups is 1. The Morgan fingerprint density at radius 3 is 2.64 bits per heavy atom. The Morgan fingerprint density at radius 2 is 2.07 bits per heavy atom. The standard InChI is InChI=1S/C11H24N2O/c1-11(2)10(14)6-5-7-13(11)9-8-12(3)4/h10,14H,5-9H2,1-4H3. The molecule has 84 valence electrons. The van der Waals surface area contributed by atoms with Crippen molar-refractivity contribution >= 4 is 0 Å². The lowest BCUT2D eigenvalue weighted by molar-refractivity contribution is -0.0452. The molecule has 0 aromatic carbocycles. The molecule has 0 amide bonds. The van der Waals surface area contributed by atoms with Gasteiger partial charge in [-0.15, -0.1) is 0 Å². The predicted octanol–water partition coefficient (Wildman–Crippen LogP) is 0.783. The molecule has 0 bridgehead atoms. The van der Waals surface area contributed by atoms with Gasteiger partial charge in [0.05, 0.1) is 6.10 Å². The van der Waals surface area contributed by atoms with Crippen molar-refractivity contribution in [3.8, 4) is 0 Å². The SMILES string of the molecule is CN(C)CCN1CCCC(O)C1(C)C. The quantitative estimate of drug-likeness (QED) is 0.729. The van der Waals surface area contributed by atoms with Crippen LogP contribution in [-0.4, -0.2) is 60.3 Å². The van der Waals surface area contributed by atoms with E-state index in [4.69, 9.17) is 0 Å². The lowest BCUT2D eigenvalue weighted by atomic mass is 9.87. The van der Waals surface area contributed by atoms with Gasteiger partial charge in [0, 0.05) is 18.6 Å². The highest BCUT2D eigenvalue weighted by Crippen LogP contribution is 2.27. The normalized spacial score (nSPS) is 28.3. The molecule has 3 heteroatoms. The Kier molecular flexibility index (Phi) is 3.93. The first kappa shape index (κ1) is 12.0. The minimum absolute atomic E-state index is 0.0474. The molecule has 1 aliphatic heterocycles. The Hall–Kier alpha value is -0.120. The van der Waals surface area contributed by atoms with Crippen LogP contribution in [-0.2, 0) is 0 Å². The van der Waals surface area contributed by atoms with Crippen molar-refractivity contribution in [1.29, 1.82) is 0 Å². The van der Waals surface area contributed by atoms with E-state index in [1.165, 1.54) is 0 Å². The maximum absolute atomic E-state index is 9.92. The Balaban J connectivity index is 2.49. The lowest BCUT2D eigenvalue weighted by Gasteiger charge is -2.46. The summed E-state index contributed by atoms with van der Waals surface area (Å²) in [5, 5.41) is 9.92. The van der Waals surface area contributed by atoms with Crippen molar-refractivity contribution in [2.45, 2.75) is 38.3 Å². The number of rotatable bonds is 3. The molecule has 14 heavy (non-hydrogen) atoms. The van der Waals surface area contributed by atoms with Crippen molar-refractivity contribution in [2.24, 2.45) is 0 Å². The molecule has 1 saturated heterocycles. The molecule has 1 N–H and O–H groups in total. The van der Waals surface area contributed by atoms with Crippen LogP contribution in [0.15, 0.2) is 0 Å². The molecule has 1 atom stereocenters. The predicted molar refractivity (Wildman–Crippen MR) is 59.4 cm³/mol. The van der Waals surface area contributed by atoms with Gasteiger partial charge in [0.25, 0.3) is 0 Å². The number of likely N-dealkylation sites (N-methyl/N-ethyl adjacent to an activating group) is 1. The van der Waals surface area contributed by atoms with E-state index in [9.17, 15) is 5.11 Å². The lowest BCUT2D eigenvalue weighted by Crippen LogP contribution is -2.57. The van der Waals surface area contributed by atoms with Crippen LogP contribution in [0.2, 0.25) is 0 Å². The minimum atomic E-state index is -0.168. The number of likely N-dealkylation sites (tertiary alicyclic amines) is 1. The summed E-state index contributed by atoms with van der Waals surface area (Å²) in [4.78, 5) is 4.60. The van der Waals surface area contributed by atoms with Gasteiger partial charge in [0.1, 0.15) is 0 Å². The zero-order valence-corrected chi connectivity index (χ0v) is 9.95. The van der Waals surface area contributed by atoms with Gasteiger partial charge in [0.2, 0.25) is 0 Å². The van der Waals surface area contributed by atoms with Crippen molar-refractivity contribution in [1.82, 2.24) is 9.80 Å². The third-order valence-electron chi connectivity index (χ3n) is 3.35. The van der Waals surface area contributed by atoms with E-state index in [0.717, 1.165) is 32.5 Å². The summed E-state index contributed by atoms with van der Waals surface area (Å²) in [6.45, 7) is 7.53. The maximum atomic E-state index is 9.92. The molecule has 0 aliphatic carbocycles. The topological polar surface area (TPSA) is 26.7 Å². The van der Waals surface area contributed by atoms with Crippen LogP contribution < -0.4 is 0 Å². The molecule has 1 heterocycles. The van der Waals surface area contributed by atoms with Crippen LogP contribution in [0.25, 0.3) is 0 Å². The van der Waals surface area contributed by atoms with Gasteiger partial charge >= 0.3 is 0 Å². The van der Waals surface area contributed by atoms with Crippen LogP contribution in [0.5, 0.6) is 0 Å². The second kappa shape index (κ2) is 4.60. The molecular formula is C11H24N2O. The smallest absolute Gasteiger partial charge is 0.0718 e. The molecule has 3 nitrogen and oxygen atoms in total. The number of nitrogens with zero attached hydrogens (tertiary/aromatic N) is 2. The van der Waals surface area contributed by atoms with E-state index in [-0.39, 0.29) is 11.6 Å². The van der Waals surface area contributed by atoms with Gasteiger partial charge in [-0.25, -0.2) is 0 Å². The van der Waals surface area contributed by atoms with Crippen molar-refractivity contribution in [3.05, 3.63) is 0 Å². The highest BCUT2D eigenvalue weighted by Gasteiger charge is 2.36. The summed E-state index contributed by atoms with van der Waals surface area (Å²) in [7, 11) is 4.18. The van der Waals surface area contributed by atoms with Gasteiger partial charge in [-0.1, -0.05) is 0 Å². The molecule has 1 rings (SSSR count). The van der Waals surface area contributed by atoms with Gasteiger partial charge in [-0.3, -0.25) is 4.90 Å². The fourth-order valence-corrected chi connectivity index (χ4v) is 2.05. The molecule has 0 aromatic heterocycles. The molecule has 0 aromatic rings. The second-order valence-corrected chi connectivity index (χ2v) is 5.10. The highest BCUT2D eigenvalue weighted by atomic mass is 16.3. The molecule has 0 spiro atoms. The number of hydrogen-bond acceptors (Lipinski definition) is 3. The minimum Gasteiger partial charge on any atom is -0.391 e. The zero-order valence-electron chi connectivity index (χ0n) is 9.95. The molecule has 0 radical (unpaired) electrons. The monoisotopic (exact) mass is 200 g/mol. The van der Waals surface area contributed by atoms with E-state index >= 15 is 0 Å². The molecule has 1 unspecified atom stereocenters. The van der Waals surface area contributed by atoms with Gasteiger partial charge in [-0.2, -0.15) is 0 Å². The summed E-state index contributed by atoms with van der Waals surface area (Å²) in [6.07, 6.45) is 1.90. The Bertz CT molecular complexity index is 180. The van der Waals surface area contributed by atoms with Gasteiger partial charge in [-0.05, 0) is 47.3 Å². The van der Waals surface area contributed by atoms with Crippen LogP contribution in [0, 0.1) is 0 Å². The Morgan fingerprint density at radius 1 is 1.43 bits per heavy atom. The number of hydrogen-bond donors (Lipinski definition) is 1. The number of piperidine rings is 1. The summed E-state index contributed by atoms with van der Waals surface area (Å²) in [6, 6.07) is 0. The fourth-order valence-electron chi connectivity index (χ4n) is 2.05. The summed E-state index contributed by atoms with van der Waals surface area (Å²) in [5.41, 5.74) is -0.0474. The van der Waals surface area contributed by atoms with E-state index in [1.807, 2.05) is 0 Å². The van der Waals surface area contributed by atoms with E-state index in [1.54, 1.807) is 0 Å². The largest absolute Gasteiger partial charge is 0.391 e. The summed E-state index contributed by atoms with van der Waals surface area (Å²) >= 11 is 0. The zero-order chi connectivity index (χ0) is 10.8. The van der Waals surface area contributed by atoms with E-state index < -0.39 is 0 Å². The maximum Gasteiger partial charge on any atom is 0.0718 e. The molecular weight excluding hydrogens is 176 g/mol. The fraction of sp³-hybridized carbons (Fsp3) is 1.00. The van der Waals surface area contributed by atoms with Crippen LogP contribution in [0.1, 0.15) is 26.7 Å². The second-order valence-electron chi connectivity index (χ2n) is 5.10. The summed E-state index contributed by atoms with van der Waals surface area (Å²) < 4.78 is 0. The van der Waals surface area contributed by atoms with Crippen LogP contribution >= 0.6 is 0 Å². The molecule has 1 aliphatic rings. The van der Waals surface area contributed by atoms with Crippen LogP contribution in [0.3, 0.4) is 0 Å². The average molecular weight is 200 g/mol. The van der Waals surface area contributed by atoms with Crippen molar-refractivity contribution in [2.75, 3.05) is 33.7 Å². The first-order chi connectivity index (χ1) is 6.44. The van der Waals surface area contributed by atoms with Gasteiger partial charge < -0.3 is 10.0 Å². The van der Waals surface area contributed by atoms with Gasteiger partial charge in [0.15, 0.2) is 0 Å². The summed E-state index contributed by atoms with van der Waals surface area (Å²) in [5.74, 6) is 0. The number of aliphatic hydroxyl groups excluding tert-OH is 1. The first-order valence-electron chi connectivity index (χ1n) is 5.52. The van der Waals surface area contributed by atoms with Crippen LogP contribution in [0.4, 0.5) is 0 Å². The van der Waals surface area contributed by atoms with E-state index in [0.29, 0.717) is 0 Å². The van der Waals surface area contributed by atoms with Crippen molar-refractivity contribution < 1.29 is 5.11 Å². The average Bonchev–Trinajstić information content (AvgIpc) is 2.07.